The van der Waals surface area contributed by atoms with Crippen LogP contribution in [0.3, 0.4) is 0 Å². The largest absolute Gasteiger partial charge is 0.383 e. The van der Waals surface area contributed by atoms with E-state index in [1.807, 2.05) is 6.92 Å². The highest BCUT2D eigenvalue weighted by Crippen LogP contribution is 2.16. The van der Waals surface area contributed by atoms with Crippen LogP contribution in [-0.2, 0) is 17.7 Å². The van der Waals surface area contributed by atoms with Crippen molar-refractivity contribution in [3.05, 3.63) is 22.1 Å². The number of aromatic nitrogens is 2. The second-order valence-electron chi connectivity index (χ2n) is 3.79. The monoisotopic (exact) mass is 223 g/mol. The smallest absolute Gasteiger partial charge is 0.268 e. The summed E-state index contributed by atoms with van der Waals surface area (Å²) in [5, 5.41) is 7.54. The minimum absolute atomic E-state index is 0.0622. The summed E-state index contributed by atoms with van der Waals surface area (Å²) in [7, 11) is 0. The number of hydrogen-bond donors (Lipinski definition) is 1. The first-order valence-electron chi connectivity index (χ1n) is 5.74. The third-order valence-electron chi connectivity index (χ3n) is 2.63. The van der Waals surface area contributed by atoms with E-state index in [0.717, 1.165) is 30.8 Å². The molecule has 2 rings (SSSR count). The fourth-order valence-electron chi connectivity index (χ4n) is 1.80. The van der Waals surface area contributed by atoms with Crippen LogP contribution in [0, 0.1) is 0 Å². The summed E-state index contributed by atoms with van der Waals surface area (Å²) < 4.78 is 6.71. The summed E-state index contributed by atoms with van der Waals surface area (Å²) in [5.74, 6) is 0. The Kier molecular flexibility index (Phi) is 3.56. The van der Waals surface area contributed by atoms with Crippen LogP contribution < -0.4 is 10.9 Å². The van der Waals surface area contributed by atoms with Crippen LogP contribution in [0.2, 0.25) is 0 Å². The third kappa shape index (κ3) is 2.41. The first-order valence-corrected chi connectivity index (χ1v) is 5.74. The molecular formula is C11H17N3O2. The van der Waals surface area contributed by atoms with Gasteiger partial charge in [-0.25, -0.2) is 4.68 Å². The topological polar surface area (TPSA) is 56.2 Å². The van der Waals surface area contributed by atoms with Gasteiger partial charge in [0.25, 0.3) is 5.56 Å². The number of rotatable bonds is 4. The number of hydrogen-bond acceptors (Lipinski definition) is 4. The lowest BCUT2D eigenvalue weighted by Gasteiger charge is -2.17. The van der Waals surface area contributed by atoms with E-state index < -0.39 is 0 Å². The Morgan fingerprint density at radius 2 is 2.50 bits per heavy atom. The lowest BCUT2D eigenvalue weighted by Crippen LogP contribution is -2.28. The quantitative estimate of drug-likeness (QED) is 0.761. The van der Waals surface area contributed by atoms with Crippen molar-refractivity contribution in [3.63, 3.8) is 0 Å². The van der Waals surface area contributed by atoms with E-state index in [1.54, 1.807) is 6.07 Å². The fourth-order valence-corrected chi connectivity index (χ4v) is 1.80. The molecule has 0 amide bonds. The summed E-state index contributed by atoms with van der Waals surface area (Å²) >= 11 is 0. The number of fused-ring (bicyclic) bond motifs is 1. The number of ether oxygens (including phenoxy) is 1. The molecule has 0 saturated heterocycles. The summed E-state index contributed by atoms with van der Waals surface area (Å²) in [6, 6.07) is 1.63. The Morgan fingerprint density at radius 3 is 3.31 bits per heavy atom. The van der Waals surface area contributed by atoms with Crippen molar-refractivity contribution >= 4 is 5.69 Å². The number of anilines is 1. The van der Waals surface area contributed by atoms with Gasteiger partial charge in [0, 0.05) is 19.2 Å². The molecule has 5 heteroatoms. The molecule has 0 atom stereocenters. The van der Waals surface area contributed by atoms with Crippen molar-refractivity contribution in [2.24, 2.45) is 0 Å². The number of nitrogens with zero attached hydrogens (tertiary/aromatic N) is 2. The maximum Gasteiger partial charge on any atom is 0.268 e. The van der Waals surface area contributed by atoms with Crippen molar-refractivity contribution < 1.29 is 4.74 Å². The second-order valence-corrected chi connectivity index (χ2v) is 3.79. The molecule has 0 spiro atoms. The van der Waals surface area contributed by atoms with Gasteiger partial charge >= 0.3 is 0 Å². The molecule has 1 N–H and O–H groups in total. The van der Waals surface area contributed by atoms with Crippen molar-refractivity contribution in [3.8, 4) is 0 Å². The Balaban J connectivity index is 2.16. The number of nitrogens with one attached hydrogen (secondary N) is 1. The zero-order valence-electron chi connectivity index (χ0n) is 9.53. The third-order valence-corrected chi connectivity index (χ3v) is 2.63. The van der Waals surface area contributed by atoms with Gasteiger partial charge in [-0.2, -0.15) is 5.10 Å². The molecule has 16 heavy (non-hydrogen) atoms. The van der Waals surface area contributed by atoms with Crippen LogP contribution in [-0.4, -0.2) is 29.5 Å². The average Bonchev–Trinajstić information content (AvgIpc) is 2.30. The lowest BCUT2D eigenvalue weighted by molar-refractivity contribution is 0.135. The minimum atomic E-state index is -0.0622. The summed E-state index contributed by atoms with van der Waals surface area (Å²) in [4.78, 5) is 11.7. The summed E-state index contributed by atoms with van der Waals surface area (Å²) in [6.45, 7) is 4.60. The van der Waals surface area contributed by atoms with Gasteiger partial charge in [-0.1, -0.05) is 0 Å². The molecule has 1 aromatic rings. The van der Waals surface area contributed by atoms with E-state index >= 15 is 0 Å². The Morgan fingerprint density at radius 1 is 1.62 bits per heavy atom. The first-order chi connectivity index (χ1) is 7.81. The van der Waals surface area contributed by atoms with Crippen LogP contribution in [0.4, 0.5) is 5.69 Å². The molecule has 0 bridgehead atoms. The maximum absolute atomic E-state index is 11.7. The Labute approximate surface area is 94.4 Å². The highest BCUT2D eigenvalue weighted by atomic mass is 16.5. The molecule has 1 aliphatic heterocycles. The summed E-state index contributed by atoms with van der Waals surface area (Å²) in [5.41, 5.74) is 1.82. The molecule has 0 radical (unpaired) electrons. The van der Waals surface area contributed by atoms with E-state index in [2.05, 4.69) is 10.4 Å². The first kappa shape index (κ1) is 11.1. The van der Waals surface area contributed by atoms with Crippen LogP contribution in [0.1, 0.15) is 19.0 Å². The predicted octanol–water partition coefficient (Wildman–Crippen LogP) is 0.638. The van der Waals surface area contributed by atoms with Gasteiger partial charge in [0.1, 0.15) is 0 Å². The van der Waals surface area contributed by atoms with Gasteiger partial charge in [-0.15, -0.1) is 0 Å². The highest BCUT2D eigenvalue weighted by Gasteiger charge is 2.12. The zero-order valence-corrected chi connectivity index (χ0v) is 9.53. The highest BCUT2D eigenvalue weighted by molar-refractivity contribution is 5.48. The van der Waals surface area contributed by atoms with E-state index in [-0.39, 0.29) is 5.56 Å². The molecule has 0 saturated carbocycles. The van der Waals surface area contributed by atoms with Crippen LogP contribution in [0.15, 0.2) is 10.9 Å². The normalized spacial score (nSPS) is 14.3. The number of aryl methyl sites for hydroxylation is 1. The van der Waals surface area contributed by atoms with Crippen molar-refractivity contribution in [1.82, 2.24) is 9.78 Å². The molecule has 5 nitrogen and oxygen atoms in total. The summed E-state index contributed by atoms with van der Waals surface area (Å²) in [6.07, 6.45) is 2.01. The van der Waals surface area contributed by atoms with Crippen LogP contribution in [0.25, 0.3) is 0 Å². The molecule has 1 aromatic heterocycles. The van der Waals surface area contributed by atoms with Gasteiger partial charge < -0.3 is 10.1 Å². The molecule has 0 unspecified atom stereocenters. The van der Waals surface area contributed by atoms with Gasteiger partial charge in [0.15, 0.2) is 0 Å². The standard InChI is InChI=1S/C11H17N3O2/c1-2-16-7-6-14-11(15)8-10-9(13-14)4-3-5-12-10/h8,12H,2-7H2,1H3. The molecule has 0 aromatic carbocycles. The lowest BCUT2D eigenvalue weighted by atomic mass is 10.1. The molecule has 88 valence electrons. The van der Waals surface area contributed by atoms with Gasteiger partial charge in [-0.3, -0.25) is 4.79 Å². The van der Waals surface area contributed by atoms with Crippen molar-refractivity contribution in [2.75, 3.05) is 25.1 Å². The second kappa shape index (κ2) is 5.12. The van der Waals surface area contributed by atoms with Crippen LogP contribution >= 0.6 is 0 Å². The molecule has 1 aliphatic rings. The molecule has 2 heterocycles. The molecular weight excluding hydrogens is 206 g/mol. The molecule has 0 aliphatic carbocycles. The van der Waals surface area contributed by atoms with Crippen molar-refractivity contribution in [1.29, 1.82) is 0 Å². The zero-order chi connectivity index (χ0) is 11.4. The maximum atomic E-state index is 11.7. The predicted molar refractivity (Wildman–Crippen MR) is 61.8 cm³/mol. The Hall–Kier alpha value is -1.36. The van der Waals surface area contributed by atoms with E-state index in [4.69, 9.17) is 4.74 Å². The van der Waals surface area contributed by atoms with Gasteiger partial charge in [0.2, 0.25) is 0 Å². The van der Waals surface area contributed by atoms with E-state index in [1.165, 1.54) is 4.68 Å². The van der Waals surface area contributed by atoms with Gasteiger partial charge in [0.05, 0.1) is 24.5 Å². The Bertz CT molecular complexity index is 414. The molecule has 0 fully saturated rings. The van der Waals surface area contributed by atoms with Gasteiger partial charge in [-0.05, 0) is 19.8 Å². The van der Waals surface area contributed by atoms with Crippen LogP contribution in [0.5, 0.6) is 0 Å². The minimum Gasteiger partial charge on any atom is -0.383 e. The fraction of sp³-hybridized carbons (Fsp3) is 0.636. The van der Waals surface area contributed by atoms with E-state index in [0.29, 0.717) is 19.8 Å². The van der Waals surface area contributed by atoms with E-state index in [9.17, 15) is 4.79 Å². The van der Waals surface area contributed by atoms with Crippen molar-refractivity contribution in [2.45, 2.75) is 26.3 Å². The average molecular weight is 223 g/mol. The SMILES string of the molecule is CCOCCn1nc2c(cc1=O)NCCC2.